The van der Waals surface area contributed by atoms with Crippen molar-refractivity contribution in [2.75, 3.05) is 0 Å². The van der Waals surface area contributed by atoms with Gasteiger partial charge in [0.15, 0.2) is 0 Å². The second-order valence-corrected chi connectivity index (χ2v) is 15.4. The minimum Gasteiger partial charge on any atom is -0.149 e. The molecule has 0 unspecified atom stereocenters. The highest BCUT2D eigenvalue weighted by molar-refractivity contribution is 7.27. The minimum atomic E-state index is 0.671. The van der Waals surface area contributed by atoms with Gasteiger partial charge in [0, 0.05) is 46.6 Å². The smallest absolute Gasteiger partial charge is 0.0453 e. The Labute approximate surface area is 236 Å². The van der Waals surface area contributed by atoms with Gasteiger partial charge < -0.3 is 0 Å². The minimum absolute atomic E-state index is 0.671. The summed E-state index contributed by atoms with van der Waals surface area (Å²) in [5.41, 5.74) is 6.42. The lowest BCUT2D eigenvalue weighted by molar-refractivity contribution is 0.888. The molecule has 0 spiro atoms. The van der Waals surface area contributed by atoms with Crippen molar-refractivity contribution in [2.24, 2.45) is 0 Å². The zero-order valence-corrected chi connectivity index (χ0v) is 26.0. The lowest BCUT2D eigenvalue weighted by Crippen LogP contribution is -1.84. The van der Waals surface area contributed by atoms with Crippen molar-refractivity contribution in [1.29, 1.82) is 0 Å². The summed E-state index contributed by atoms with van der Waals surface area (Å²) >= 11 is 9.54. The van der Waals surface area contributed by atoms with Gasteiger partial charge in [-0.15, -0.1) is 56.7 Å². The van der Waals surface area contributed by atoms with E-state index in [1.165, 1.54) is 32.0 Å². The Morgan fingerprint density at radius 3 is 1.86 bits per heavy atom. The number of hydrogen-bond acceptors (Lipinski definition) is 5. The number of rotatable bonds is 3. The Kier molecular flexibility index (Phi) is 8.04. The first-order chi connectivity index (χ1) is 17.3. The van der Waals surface area contributed by atoms with Crippen molar-refractivity contribution >= 4 is 77.2 Å². The zero-order chi connectivity index (χ0) is 25.4. The maximum Gasteiger partial charge on any atom is 0.0453 e. The third kappa shape index (κ3) is 5.37. The summed E-state index contributed by atoms with van der Waals surface area (Å²) in [5, 5.41) is 6.51. The Bertz CT molecular complexity index is 1430. The molecule has 0 bridgehead atoms. The van der Waals surface area contributed by atoms with Gasteiger partial charge >= 0.3 is 0 Å². The van der Waals surface area contributed by atoms with E-state index in [1.54, 1.807) is 36.9 Å². The predicted molar refractivity (Wildman–Crippen MR) is 169 cm³/mol. The van der Waals surface area contributed by atoms with Crippen LogP contribution in [0.5, 0.6) is 0 Å². The van der Waals surface area contributed by atoms with E-state index in [9.17, 15) is 0 Å². The fourth-order valence-corrected chi connectivity index (χ4v) is 9.70. The summed E-state index contributed by atoms with van der Waals surface area (Å²) in [6, 6.07) is 13.5. The second-order valence-electron chi connectivity index (χ2n) is 10.4. The first kappa shape index (κ1) is 26.1. The van der Waals surface area contributed by atoms with Crippen molar-refractivity contribution in [1.82, 2.24) is 0 Å². The van der Waals surface area contributed by atoms with Crippen molar-refractivity contribution < 1.29 is 0 Å². The fraction of sp³-hybridized carbons (Fsp3) is 0.355. The average Bonchev–Trinajstić information content (AvgIpc) is 3.65. The summed E-state index contributed by atoms with van der Waals surface area (Å²) in [6.45, 7) is 13.5. The molecule has 5 aromatic rings. The first-order valence-electron chi connectivity index (χ1n) is 12.7. The molecule has 0 saturated heterocycles. The fourth-order valence-electron chi connectivity index (χ4n) is 4.58. The normalized spacial score (nSPS) is 13.7. The van der Waals surface area contributed by atoms with Gasteiger partial charge in [-0.25, -0.2) is 0 Å². The van der Waals surface area contributed by atoms with Crippen LogP contribution < -0.4 is 0 Å². The standard InChI is InChI=1S/C15H14S2.C9H10S2.C7H10S/c1-8(2)13-7-10-6-11-12(15(10)17-13)5-9-3-4-16-14(9)11;1-6(2)8-5-9-7(11-8)3-4-10-9;1-6(2)7-4-3-5-8-7/h3-4,7-8H,5-6H2,1-2H3;3-6H,1-2H3;3-6H,1-2H3. The van der Waals surface area contributed by atoms with Crippen molar-refractivity contribution in [3.8, 4) is 0 Å². The molecule has 36 heavy (non-hydrogen) atoms. The molecule has 2 aliphatic carbocycles. The molecule has 0 aromatic carbocycles. The first-order valence-corrected chi connectivity index (χ1v) is 17.0. The quantitative estimate of drug-likeness (QED) is 0.204. The molecule has 5 aromatic heterocycles. The van der Waals surface area contributed by atoms with E-state index in [1.807, 2.05) is 56.7 Å². The van der Waals surface area contributed by atoms with Crippen LogP contribution in [0, 0.1) is 0 Å². The molecule has 0 N–H and O–H groups in total. The average molecular weight is 567 g/mol. The van der Waals surface area contributed by atoms with Gasteiger partial charge in [-0.2, -0.15) is 0 Å². The van der Waals surface area contributed by atoms with Crippen LogP contribution in [0.15, 0.2) is 52.5 Å². The number of thiophene rings is 5. The molecule has 0 nitrogen and oxygen atoms in total. The highest BCUT2D eigenvalue weighted by Gasteiger charge is 2.32. The summed E-state index contributed by atoms with van der Waals surface area (Å²) in [7, 11) is 0. The van der Waals surface area contributed by atoms with E-state index in [-0.39, 0.29) is 0 Å². The number of hydrogen-bond donors (Lipinski definition) is 0. The molecule has 0 fully saturated rings. The summed E-state index contributed by atoms with van der Waals surface area (Å²) < 4.78 is 2.89. The van der Waals surface area contributed by atoms with E-state index < -0.39 is 0 Å². The highest BCUT2D eigenvalue weighted by atomic mass is 32.1. The molecular weight excluding hydrogens is 533 g/mol. The van der Waals surface area contributed by atoms with Gasteiger partial charge in [-0.3, -0.25) is 0 Å². The van der Waals surface area contributed by atoms with Crippen LogP contribution in [0.25, 0.3) is 20.5 Å². The number of allylic oxidation sites excluding steroid dienone is 2. The van der Waals surface area contributed by atoms with Crippen LogP contribution >= 0.6 is 56.7 Å². The van der Waals surface area contributed by atoms with E-state index >= 15 is 0 Å². The molecule has 0 atom stereocenters. The predicted octanol–water partition coefficient (Wildman–Crippen LogP) is 11.9. The summed E-state index contributed by atoms with van der Waals surface area (Å²) in [6.07, 6.45) is 2.36. The third-order valence-corrected chi connectivity index (χ3v) is 12.8. The maximum absolute atomic E-state index is 2.44. The SMILES string of the molecule is CC(C)c1cc2c(s1)C1=C(C2)c2sccc2C1.CC(C)c1cc2sccc2s1.CC(C)c1cccs1. The van der Waals surface area contributed by atoms with Gasteiger partial charge in [0.05, 0.1) is 0 Å². The maximum atomic E-state index is 2.44. The van der Waals surface area contributed by atoms with Crippen LogP contribution in [0.2, 0.25) is 0 Å². The third-order valence-electron chi connectivity index (χ3n) is 6.63. The van der Waals surface area contributed by atoms with Crippen molar-refractivity contribution in [3.63, 3.8) is 0 Å². The summed E-state index contributed by atoms with van der Waals surface area (Å²) in [4.78, 5) is 7.69. The molecular formula is C31H34S5. The molecule has 2 aliphatic rings. The highest BCUT2D eigenvalue weighted by Crippen LogP contribution is 2.51. The van der Waals surface area contributed by atoms with E-state index in [0.29, 0.717) is 17.8 Å². The zero-order valence-electron chi connectivity index (χ0n) is 21.9. The molecule has 0 aliphatic heterocycles. The van der Waals surface area contributed by atoms with Crippen LogP contribution in [0.3, 0.4) is 0 Å². The van der Waals surface area contributed by atoms with Gasteiger partial charge in [-0.1, -0.05) is 47.6 Å². The van der Waals surface area contributed by atoms with Crippen LogP contribution in [0.4, 0.5) is 0 Å². The van der Waals surface area contributed by atoms with Gasteiger partial charge in [0.1, 0.15) is 0 Å². The monoisotopic (exact) mass is 566 g/mol. The van der Waals surface area contributed by atoms with E-state index in [0.717, 1.165) is 0 Å². The molecule has 5 heterocycles. The Morgan fingerprint density at radius 1 is 0.556 bits per heavy atom. The molecule has 0 saturated carbocycles. The lowest BCUT2D eigenvalue weighted by Gasteiger charge is -2.00. The molecule has 7 rings (SSSR count). The molecule has 0 amide bonds. The topological polar surface area (TPSA) is 0 Å². The molecule has 188 valence electrons. The van der Waals surface area contributed by atoms with E-state index in [4.69, 9.17) is 0 Å². The Balaban J connectivity index is 0.000000121. The lowest BCUT2D eigenvalue weighted by atomic mass is 10.1. The van der Waals surface area contributed by atoms with Gasteiger partial charge in [0.2, 0.25) is 0 Å². The second kappa shape index (κ2) is 11.1. The van der Waals surface area contributed by atoms with Gasteiger partial charge in [-0.05, 0) is 86.5 Å². The Morgan fingerprint density at radius 2 is 1.22 bits per heavy atom. The van der Waals surface area contributed by atoms with Crippen LogP contribution in [-0.4, -0.2) is 0 Å². The van der Waals surface area contributed by atoms with E-state index in [2.05, 4.69) is 94.1 Å². The Hall–Kier alpha value is -1.50. The van der Waals surface area contributed by atoms with Crippen molar-refractivity contribution in [2.45, 2.75) is 72.1 Å². The summed E-state index contributed by atoms with van der Waals surface area (Å²) in [5.74, 6) is 2.06. The van der Waals surface area contributed by atoms with Crippen molar-refractivity contribution in [3.05, 3.63) is 88.1 Å². The van der Waals surface area contributed by atoms with Crippen LogP contribution in [-0.2, 0) is 12.8 Å². The van der Waals surface area contributed by atoms with Gasteiger partial charge in [0.25, 0.3) is 0 Å². The number of fused-ring (bicyclic) bond motifs is 5. The van der Waals surface area contributed by atoms with Crippen LogP contribution in [0.1, 0.15) is 94.8 Å². The largest absolute Gasteiger partial charge is 0.149 e. The molecule has 5 heteroatoms. The molecule has 0 radical (unpaired) electrons.